The maximum Gasteiger partial charge on any atom is 0.408 e. The normalized spacial score (nSPS) is 13.0. The molecular weight excluding hydrogens is 290 g/mol. The first kappa shape index (κ1) is 17.5. The number of carboxylic acids is 2. The zero-order chi connectivity index (χ0) is 16.6. The first-order valence-corrected chi connectivity index (χ1v) is 6.83. The Morgan fingerprint density at radius 1 is 1.18 bits per heavy atom. The number of carbonyl (C=O) groups is 3. The third-order valence-corrected chi connectivity index (χ3v) is 3.33. The van der Waals surface area contributed by atoms with E-state index in [1.165, 1.54) is 0 Å². The summed E-state index contributed by atoms with van der Waals surface area (Å²) in [6.07, 6.45) is -1.41. The van der Waals surface area contributed by atoms with Gasteiger partial charge in [0.2, 0.25) is 0 Å². The van der Waals surface area contributed by atoms with Gasteiger partial charge in [-0.05, 0) is 18.4 Å². The fourth-order valence-electron chi connectivity index (χ4n) is 1.91. The number of hydrogen-bond donors (Lipinski definition) is 3. The lowest BCUT2D eigenvalue weighted by Crippen LogP contribution is -2.54. The van der Waals surface area contributed by atoms with Crippen LogP contribution in [-0.4, -0.2) is 33.8 Å². The van der Waals surface area contributed by atoms with Crippen molar-refractivity contribution in [3.8, 4) is 0 Å². The number of benzene rings is 1. The van der Waals surface area contributed by atoms with Gasteiger partial charge < -0.3 is 20.3 Å². The molecule has 7 heteroatoms. The third kappa shape index (κ3) is 5.08. The SMILES string of the molecule is CCC(CCC(=O)O)(NC(=O)OCc1ccccc1)C(=O)O. The van der Waals surface area contributed by atoms with Gasteiger partial charge in [-0.1, -0.05) is 37.3 Å². The van der Waals surface area contributed by atoms with Crippen molar-refractivity contribution in [2.24, 2.45) is 0 Å². The van der Waals surface area contributed by atoms with Crippen LogP contribution >= 0.6 is 0 Å². The molecule has 0 aliphatic heterocycles. The van der Waals surface area contributed by atoms with Gasteiger partial charge in [0.25, 0.3) is 0 Å². The Hall–Kier alpha value is -2.57. The molecule has 0 aliphatic carbocycles. The Kier molecular flexibility index (Phi) is 6.37. The lowest BCUT2D eigenvalue weighted by atomic mass is 9.90. The molecule has 0 saturated heterocycles. The molecule has 0 saturated carbocycles. The van der Waals surface area contributed by atoms with Gasteiger partial charge in [0.1, 0.15) is 12.1 Å². The summed E-state index contributed by atoms with van der Waals surface area (Å²) < 4.78 is 4.98. The highest BCUT2D eigenvalue weighted by molar-refractivity contribution is 5.85. The second-order valence-electron chi connectivity index (χ2n) is 4.82. The number of rotatable bonds is 8. The molecule has 1 rings (SSSR count). The Bertz CT molecular complexity index is 530. The summed E-state index contributed by atoms with van der Waals surface area (Å²) in [6.45, 7) is 1.57. The van der Waals surface area contributed by atoms with Gasteiger partial charge >= 0.3 is 18.0 Å². The molecule has 22 heavy (non-hydrogen) atoms. The van der Waals surface area contributed by atoms with Crippen molar-refractivity contribution < 1.29 is 29.3 Å². The van der Waals surface area contributed by atoms with Crippen molar-refractivity contribution in [3.05, 3.63) is 35.9 Å². The topological polar surface area (TPSA) is 113 Å². The van der Waals surface area contributed by atoms with E-state index >= 15 is 0 Å². The summed E-state index contributed by atoms with van der Waals surface area (Å²) >= 11 is 0. The third-order valence-electron chi connectivity index (χ3n) is 3.33. The average molecular weight is 309 g/mol. The van der Waals surface area contributed by atoms with Crippen LogP contribution in [0.4, 0.5) is 4.79 Å². The van der Waals surface area contributed by atoms with Crippen LogP contribution in [0.5, 0.6) is 0 Å². The largest absolute Gasteiger partial charge is 0.481 e. The lowest BCUT2D eigenvalue weighted by Gasteiger charge is -2.28. The molecule has 0 aliphatic rings. The zero-order valence-electron chi connectivity index (χ0n) is 12.2. The lowest BCUT2D eigenvalue weighted by molar-refractivity contribution is -0.146. The maximum atomic E-state index is 11.8. The number of aliphatic carboxylic acids is 2. The fraction of sp³-hybridized carbons (Fsp3) is 0.400. The fourth-order valence-corrected chi connectivity index (χ4v) is 1.91. The molecule has 1 unspecified atom stereocenters. The van der Waals surface area contributed by atoms with Gasteiger partial charge in [0.15, 0.2) is 0 Å². The molecule has 1 aromatic carbocycles. The zero-order valence-corrected chi connectivity index (χ0v) is 12.2. The molecule has 0 bridgehead atoms. The van der Waals surface area contributed by atoms with Crippen LogP contribution in [0.1, 0.15) is 31.7 Å². The van der Waals surface area contributed by atoms with E-state index in [0.29, 0.717) is 0 Å². The first-order valence-electron chi connectivity index (χ1n) is 6.83. The second-order valence-corrected chi connectivity index (χ2v) is 4.82. The maximum absolute atomic E-state index is 11.8. The number of carboxylic acid groups (broad SMARTS) is 2. The molecule has 0 fully saturated rings. The van der Waals surface area contributed by atoms with Gasteiger partial charge in [-0.25, -0.2) is 9.59 Å². The van der Waals surface area contributed by atoms with Gasteiger partial charge in [0.05, 0.1) is 0 Å². The molecular formula is C15H19NO6. The molecule has 7 nitrogen and oxygen atoms in total. The molecule has 1 amide bonds. The molecule has 120 valence electrons. The minimum atomic E-state index is -1.65. The standard InChI is InChI=1S/C15H19NO6/c1-2-15(13(19)20,9-8-12(17)18)16-14(21)22-10-11-6-4-3-5-7-11/h3-7H,2,8-10H2,1H3,(H,16,21)(H,17,18)(H,19,20). The highest BCUT2D eigenvalue weighted by Gasteiger charge is 2.39. The highest BCUT2D eigenvalue weighted by Crippen LogP contribution is 2.19. The summed E-state index contributed by atoms with van der Waals surface area (Å²) in [4.78, 5) is 33.9. The van der Waals surface area contributed by atoms with Crippen LogP contribution in [-0.2, 0) is 20.9 Å². The number of carbonyl (C=O) groups excluding carboxylic acids is 1. The van der Waals surface area contributed by atoms with Gasteiger partial charge in [-0.3, -0.25) is 4.79 Å². The summed E-state index contributed by atoms with van der Waals surface area (Å²) in [5.74, 6) is -2.41. The molecule has 0 spiro atoms. The van der Waals surface area contributed by atoms with E-state index in [0.717, 1.165) is 5.56 Å². The number of hydrogen-bond acceptors (Lipinski definition) is 4. The smallest absolute Gasteiger partial charge is 0.408 e. The van der Waals surface area contributed by atoms with Crippen LogP contribution < -0.4 is 5.32 Å². The van der Waals surface area contributed by atoms with Crippen molar-refractivity contribution >= 4 is 18.0 Å². The van der Waals surface area contributed by atoms with E-state index in [9.17, 15) is 19.5 Å². The summed E-state index contributed by atoms with van der Waals surface area (Å²) in [7, 11) is 0. The number of amides is 1. The van der Waals surface area contributed by atoms with E-state index in [1.807, 2.05) is 6.07 Å². The molecule has 0 aromatic heterocycles. The van der Waals surface area contributed by atoms with E-state index in [4.69, 9.17) is 9.84 Å². The number of ether oxygens (including phenoxy) is 1. The van der Waals surface area contributed by atoms with Crippen molar-refractivity contribution in [2.45, 2.75) is 38.3 Å². The molecule has 3 N–H and O–H groups in total. The predicted molar refractivity (Wildman–Crippen MR) is 77.3 cm³/mol. The van der Waals surface area contributed by atoms with E-state index in [2.05, 4.69) is 5.32 Å². The predicted octanol–water partition coefficient (Wildman–Crippen LogP) is 2.01. The van der Waals surface area contributed by atoms with E-state index in [1.54, 1.807) is 31.2 Å². The van der Waals surface area contributed by atoms with Crippen LogP contribution in [0.15, 0.2) is 30.3 Å². The number of nitrogens with one attached hydrogen (secondary N) is 1. The van der Waals surface area contributed by atoms with Crippen LogP contribution in [0.3, 0.4) is 0 Å². The van der Waals surface area contributed by atoms with Gasteiger partial charge in [0, 0.05) is 6.42 Å². The minimum Gasteiger partial charge on any atom is -0.481 e. The van der Waals surface area contributed by atoms with E-state index < -0.39 is 23.6 Å². The highest BCUT2D eigenvalue weighted by atomic mass is 16.5. The Morgan fingerprint density at radius 2 is 1.82 bits per heavy atom. The number of alkyl carbamates (subject to hydrolysis) is 1. The minimum absolute atomic E-state index is 0.00498. The Morgan fingerprint density at radius 3 is 2.32 bits per heavy atom. The Labute approximate surface area is 127 Å². The molecule has 0 heterocycles. The van der Waals surface area contributed by atoms with Crippen molar-refractivity contribution in [1.29, 1.82) is 0 Å². The van der Waals surface area contributed by atoms with Crippen LogP contribution in [0, 0.1) is 0 Å². The first-order chi connectivity index (χ1) is 10.4. The molecule has 0 radical (unpaired) electrons. The van der Waals surface area contributed by atoms with Crippen LogP contribution in [0.25, 0.3) is 0 Å². The summed E-state index contributed by atoms with van der Waals surface area (Å²) in [6, 6.07) is 8.93. The monoisotopic (exact) mass is 309 g/mol. The van der Waals surface area contributed by atoms with Gasteiger partial charge in [-0.15, -0.1) is 0 Å². The average Bonchev–Trinajstić information content (AvgIpc) is 2.50. The Balaban J connectivity index is 2.66. The summed E-state index contributed by atoms with van der Waals surface area (Å²) in [5.41, 5.74) is -0.882. The van der Waals surface area contributed by atoms with Crippen LogP contribution in [0.2, 0.25) is 0 Å². The quantitative estimate of drug-likeness (QED) is 0.677. The van der Waals surface area contributed by atoms with Crippen molar-refractivity contribution in [3.63, 3.8) is 0 Å². The van der Waals surface area contributed by atoms with Crippen molar-refractivity contribution in [2.75, 3.05) is 0 Å². The second kappa shape index (κ2) is 8.02. The van der Waals surface area contributed by atoms with Crippen molar-refractivity contribution in [1.82, 2.24) is 5.32 Å². The van der Waals surface area contributed by atoms with Gasteiger partial charge in [-0.2, -0.15) is 0 Å². The molecule has 1 aromatic rings. The summed E-state index contributed by atoms with van der Waals surface area (Å²) in [5, 5.41) is 20.3. The molecule has 1 atom stereocenters. The van der Waals surface area contributed by atoms with E-state index in [-0.39, 0.29) is 25.9 Å².